The van der Waals surface area contributed by atoms with Crippen LogP contribution in [0.25, 0.3) is 0 Å². The van der Waals surface area contributed by atoms with Crippen LogP contribution >= 0.6 is 0 Å². The van der Waals surface area contributed by atoms with Crippen molar-refractivity contribution in [2.75, 3.05) is 27.3 Å². The number of rotatable bonds is 6. The Labute approximate surface area is 106 Å². The van der Waals surface area contributed by atoms with Gasteiger partial charge in [0.05, 0.1) is 12.8 Å². The quantitative estimate of drug-likeness (QED) is 0.779. The summed E-state index contributed by atoms with van der Waals surface area (Å²) >= 11 is 0. The van der Waals surface area contributed by atoms with E-state index in [1.54, 1.807) is 0 Å². The molecule has 1 unspecified atom stereocenters. The fourth-order valence-electron chi connectivity index (χ4n) is 1.41. The van der Waals surface area contributed by atoms with E-state index in [-0.39, 0.29) is 18.0 Å². The van der Waals surface area contributed by atoms with E-state index in [1.165, 1.54) is 14.2 Å². The van der Waals surface area contributed by atoms with Gasteiger partial charge in [0.1, 0.15) is 10.7 Å². The number of pyridine rings is 1. The van der Waals surface area contributed by atoms with Crippen LogP contribution in [0.15, 0.2) is 23.4 Å². The normalized spacial score (nSPS) is 13.8. The third kappa shape index (κ3) is 3.70. The number of halogens is 1. The van der Waals surface area contributed by atoms with E-state index in [0.29, 0.717) is 0 Å². The molecule has 0 aromatic carbocycles. The highest BCUT2D eigenvalue weighted by atomic mass is 32.2. The molecule has 0 radical (unpaired) electrons. The summed E-state index contributed by atoms with van der Waals surface area (Å²) in [4.78, 5) is 3.31. The molecule has 102 valence electrons. The molecule has 2 N–H and O–H groups in total. The van der Waals surface area contributed by atoms with Gasteiger partial charge in [-0.15, -0.1) is 0 Å². The zero-order chi connectivity index (χ0) is 13.8. The largest absolute Gasteiger partial charge is 0.383 e. The number of ether oxygens (including phenoxy) is 1. The van der Waals surface area contributed by atoms with Gasteiger partial charge in [0, 0.05) is 32.9 Å². The molecule has 8 heteroatoms. The Morgan fingerprint density at radius 2 is 2.22 bits per heavy atom. The van der Waals surface area contributed by atoms with Gasteiger partial charge in [-0.1, -0.05) is 0 Å². The van der Waals surface area contributed by atoms with E-state index in [9.17, 15) is 12.8 Å². The molecule has 1 atom stereocenters. The van der Waals surface area contributed by atoms with Crippen LogP contribution in [-0.2, 0) is 14.8 Å². The van der Waals surface area contributed by atoms with Crippen molar-refractivity contribution < 1.29 is 17.5 Å². The Morgan fingerprint density at radius 3 is 2.78 bits per heavy atom. The van der Waals surface area contributed by atoms with Crippen LogP contribution in [-0.4, -0.2) is 51.1 Å². The molecule has 1 aromatic rings. The first kappa shape index (κ1) is 15.0. The van der Waals surface area contributed by atoms with Crippen LogP contribution < -0.4 is 5.73 Å². The highest BCUT2D eigenvalue weighted by molar-refractivity contribution is 7.89. The highest BCUT2D eigenvalue weighted by Gasteiger charge is 2.23. The lowest BCUT2D eigenvalue weighted by Gasteiger charge is -2.20. The second kappa shape index (κ2) is 6.19. The average molecular weight is 277 g/mol. The Balaban J connectivity index is 2.86. The molecule has 1 rings (SSSR count). The molecular formula is C10H16FN3O3S. The number of aromatic nitrogens is 1. The van der Waals surface area contributed by atoms with Crippen molar-refractivity contribution in [1.82, 2.24) is 9.29 Å². The first-order valence-corrected chi connectivity index (χ1v) is 6.63. The summed E-state index contributed by atoms with van der Waals surface area (Å²) in [5, 5.41) is 0. The van der Waals surface area contributed by atoms with E-state index in [1.807, 2.05) is 0 Å². The van der Waals surface area contributed by atoms with E-state index in [2.05, 4.69) is 4.98 Å². The predicted molar refractivity (Wildman–Crippen MR) is 63.9 cm³/mol. The molecule has 0 saturated carbocycles. The molecule has 0 spiro atoms. The van der Waals surface area contributed by atoms with Crippen molar-refractivity contribution in [2.45, 2.75) is 10.9 Å². The maximum Gasteiger partial charge on any atom is 0.244 e. The van der Waals surface area contributed by atoms with Crippen molar-refractivity contribution in [3.05, 3.63) is 24.3 Å². The van der Waals surface area contributed by atoms with Gasteiger partial charge in [-0.05, 0) is 6.07 Å². The summed E-state index contributed by atoms with van der Waals surface area (Å²) in [5.41, 5.74) is 5.67. The van der Waals surface area contributed by atoms with Gasteiger partial charge >= 0.3 is 0 Å². The molecule has 0 aliphatic heterocycles. The van der Waals surface area contributed by atoms with Crippen LogP contribution in [0.3, 0.4) is 0 Å². The molecule has 6 nitrogen and oxygen atoms in total. The van der Waals surface area contributed by atoms with Gasteiger partial charge in [-0.2, -0.15) is 4.31 Å². The van der Waals surface area contributed by atoms with Crippen LogP contribution in [0.2, 0.25) is 0 Å². The Morgan fingerprint density at radius 1 is 1.56 bits per heavy atom. The zero-order valence-corrected chi connectivity index (χ0v) is 11.0. The van der Waals surface area contributed by atoms with Crippen LogP contribution in [0.1, 0.15) is 0 Å². The number of hydrogen-bond acceptors (Lipinski definition) is 5. The fraction of sp³-hybridized carbons (Fsp3) is 0.500. The number of nitrogens with zero attached hydrogens (tertiary/aromatic N) is 2. The minimum atomic E-state index is -3.78. The summed E-state index contributed by atoms with van der Waals surface area (Å²) < 4.78 is 42.9. The van der Waals surface area contributed by atoms with Crippen molar-refractivity contribution in [3.8, 4) is 0 Å². The molecule has 0 aliphatic rings. The Kier molecular flexibility index (Phi) is 5.15. The first-order valence-electron chi connectivity index (χ1n) is 5.19. The lowest BCUT2D eigenvalue weighted by Crippen LogP contribution is -2.41. The topological polar surface area (TPSA) is 85.5 Å². The molecule has 0 bridgehead atoms. The lowest BCUT2D eigenvalue weighted by molar-refractivity contribution is 0.173. The zero-order valence-electron chi connectivity index (χ0n) is 10.2. The molecule has 0 aliphatic carbocycles. The van der Waals surface area contributed by atoms with Crippen LogP contribution in [0, 0.1) is 5.82 Å². The number of nitrogens with two attached hydrogens (primary N) is 1. The minimum Gasteiger partial charge on any atom is -0.383 e. The Hall–Kier alpha value is -1.09. The van der Waals surface area contributed by atoms with Gasteiger partial charge in [0.2, 0.25) is 10.0 Å². The number of sulfonamides is 1. The second-order valence-electron chi connectivity index (χ2n) is 3.84. The van der Waals surface area contributed by atoms with E-state index in [4.69, 9.17) is 10.5 Å². The third-order valence-corrected chi connectivity index (χ3v) is 4.05. The summed E-state index contributed by atoms with van der Waals surface area (Å²) in [6.45, 7) is 0.313. The molecule has 0 amide bonds. The summed E-state index contributed by atoms with van der Waals surface area (Å²) in [5.74, 6) is -0.703. The maximum absolute atomic E-state index is 13.0. The summed E-state index contributed by atoms with van der Waals surface area (Å²) in [6.07, 6.45) is 2.03. The maximum atomic E-state index is 13.0. The molecular weight excluding hydrogens is 261 g/mol. The van der Waals surface area contributed by atoms with Gasteiger partial charge < -0.3 is 10.5 Å². The van der Waals surface area contributed by atoms with Gasteiger partial charge in [-0.25, -0.2) is 12.8 Å². The average Bonchev–Trinajstić information content (AvgIpc) is 2.29. The van der Waals surface area contributed by atoms with Crippen molar-refractivity contribution in [2.24, 2.45) is 5.73 Å². The molecule has 18 heavy (non-hydrogen) atoms. The van der Waals surface area contributed by atoms with E-state index >= 15 is 0 Å². The van der Waals surface area contributed by atoms with Crippen molar-refractivity contribution in [1.29, 1.82) is 0 Å². The van der Waals surface area contributed by atoms with Gasteiger partial charge in [-0.3, -0.25) is 4.98 Å². The Bertz CT molecular complexity index is 495. The smallest absolute Gasteiger partial charge is 0.244 e. The first-order chi connectivity index (χ1) is 8.37. The van der Waals surface area contributed by atoms with Crippen LogP contribution in [0.5, 0.6) is 0 Å². The standard InChI is InChI=1S/C10H16FN3O3S/c1-14(6-9(12)7-17-2)18(15,16)10-3-8(11)4-13-5-10/h3-5,9H,6-7,12H2,1-2H3. The van der Waals surface area contributed by atoms with Gasteiger partial charge in [0.15, 0.2) is 0 Å². The summed E-state index contributed by atoms with van der Waals surface area (Å²) in [6, 6.07) is 0.469. The van der Waals surface area contributed by atoms with E-state index < -0.39 is 21.9 Å². The lowest BCUT2D eigenvalue weighted by atomic mass is 10.3. The van der Waals surface area contributed by atoms with Gasteiger partial charge in [0.25, 0.3) is 0 Å². The molecule has 1 heterocycles. The summed E-state index contributed by atoms with van der Waals surface area (Å²) in [7, 11) is -0.932. The molecule has 1 aromatic heterocycles. The monoisotopic (exact) mass is 277 g/mol. The SMILES string of the molecule is COCC(N)CN(C)S(=O)(=O)c1cncc(F)c1. The van der Waals surface area contributed by atoms with Crippen molar-refractivity contribution in [3.63, 3.8) is 0 Å². The number of hydrogen-bond donors (Lipinski definition) is 1. The third-order valence-electron chi connectivity index (χ3n) is 2.26. The number of likely N-dealkylation sites (N-methyl/N-ethyl adjacent to an activating group) is 1. The second-order valence-corrected chi connectivity index (χ2v) is 5.88. The van der Waals surface area contributed by atoms with Crippen LogP contribution in [0.4, 0.5) is 4.39 Å². The predicted octanol–water partition coefficient (Wildman–Crippen LogP) is -0.185. The fourth-order valence-corrected chi connectivity index (χ4v) is 2.61. The van der Waals surface area contributed by atoms with Crippen molar-refractivity contribution >= 4 is 10.0 Å². The minimum absolute atomic E-state index is 0.0761. The number of methoxy groups -OCH3 is 1. The molecule has 0 saturated heterocycles. The van der Waals surface area contributed by atoms with E-state index in [0.717, 1.165) is 22.8 Å². The molecule has 0 fully saturated rings. The highest BCUT2D eigenvalue weighted by Crippen LogP contribution is 2.14.